The van der Waals surface area contributed by atoms with Gasteiger partial charge >= 0.3 is 0 Å². The van der Waals surface area contributed by atoms with Gasteiger partial charge in [0.1, 0.15) is 0 Å². The number of amides is 1. The number of hydrogen-bond donors (Lipinski definition) is 2. The molecule has 0 heterocycles. The topological polar surface area (TPSA) is 98.6 Å². The van der Waals surface area contributed by atoms with Gasteiger partial charge in [0.25, 0.3) is 5.91 Å². The van der Waals surface area contributed by atoms with Gasteiger partial charge in [0.2, 0.25) is 5.75 Å². The van der Waals surface area contributed by atoms with Crippen LogP contribution in [-0.4, -0.2) is 45.7 Å². The molecule has 0 saturated carbocycles. The van der Waals surface area contributed by atoms with Crippen LogP contribution in [-0.2, 0) is 0 Å². The molecular formula is C18H20N2O6. The average molecular weight is 360 g/mol. The zero-order valence-electron chi connectivity index (χ0n) is 14.9. The molecule has 1 amide bonds. The van der Waals surface area contributed by atoms with E-state index in [9.17, 15) is 9.90 Å². The van der Waals surface area contributed by atoms with Crippen molar-refractivity contribution >= 4 is 12.1 Å². The van der Waals surface area contributed by atoms with Crippen LogP contribution < -0.4 is 24.4 Å². The van der Waals surface area contributed by atoms with Crippen molar-refractivity contribution in [1.82, 2.24) is 5.43 Å². The van der Waals surface area contributed by atoms with Crippen LogP contribution in [0, 0.1) is 0 Å². The molecule has 0 saturated heterocycles. The summed E-state index contributed by atoms with van der Waals surface area (Å²) in [6.07, 6.45) is 1.43. The molecule has 8 nitrogen and oxygen atoms in total. The Morgan fingerprint density at radius 3 is 2.12 bits per heavy atom. The molecule has 0 unspecified atom stereocenters. The van der Waals surface area contributed by atoms with Crippen molar-refractivity contribution in [3.8, 4) is 28.7 Å². The molecule has 2 N–H and O–H groups in total. The number of carbonyl (C=O) groups excluding carboxylic acids is 1. The Morgan fingerprint density at radius 2 is 1.58 bits per heavy atom. The van der Waals surface area contributed by atoms with Crippen molar-refractivity contribution in [3.63, 3.8) is 0 Å². The van der Waals surface area contributed by atoms with Crippen LogP contribution in [0.5, 0.6) is 28.7 Å². The lowest BCUT2D eigenvalue weighted by molar-refractivity contribution is 0.0954. The Balaban J connectivity index is 2.17. The molecule has 0 aliphatic heterocycles. The molecule has 0 aliphatic carbocycles. The molecular weight excluding hydrogens is 340 g/mol. The van der Waals surface area contributed by atoms with Gasteiger partial charge in [-0.2, -0.15) is 5.10 Å². The van der Waals surface area contributed by atoms with Crippen LogP contribution >= 0.6 is 0 Å². The molecule has 0 aliphatic rings. The van der Waals surface area contributed by atoms with Crippen LogP contribution in [0.4, 0.5) is 0 Å². The quantitative estimate of drug-likeness (QED) is 0.580. The Kier molecular flexibility index (Phi) is 6.26. The maximum absolute atomic E-state index is 12.3. The summed E-state index contributed by atoms with van der Waals surface area (Å²) in [4.78, 5) is 12.3. The lowest BCUT2D eigenvalue weighted by atomic mass is 10.1. The second kappa shape index (κ2) is 8.61. The van der Waals surface area contributed by atoms with Crippen LogP contribution in [0.3, 0.4) is 0 Å². The number of nitrogens with zero attached hydrogens (tertiary/aromatic N) is 1. The van der Waals surface area contributed by atoms with E-state index in [1.807, 2.05) is 0 Å². The van der Waals surface area contributed by atoms with Crippen molar-refractivity contribution in [3.05, 3.63) is 41.5 Å². The highest BCUT2D eigenvalue weighted by molar-refractivity contribution is 5.96. The number of benzene rings is 2. The third kappa shape index (κ3) is 4.15. The van der Waals surface area contributed by atoms with E-state index in [0.717, 1.165) is 0 Å². The van der Waals surface area contributed by atoms with E-state index >= 15 is 0 Å². The second-order valence-corrected chi connectivity index (χ2v) is 5.04. The summed E-state index contributed by atoms with van der Waals surface area (Å²) >= 11 is 0. The van der Waals surface area contributed by atoms with Gasteiger partial charge in [0.05, 0.1) is 34.7 Å². The van der Waals surface area contributed by atoms with Crippen molar-refractivity contribution in [2.75, 3.05) is 28.4 Å². The lowest BCUT2D eigenvalue weighted by Crippen LogP contribution is -2.18. The van der Waals surface area contributed by atoms with E-state index in [0.29, 0.717) is 34.1 Å². The number of phenolic OH excluding ortho intramolecular Hbond substituents is 1. The number of phenols is 1. The molecule has 8 heteroatoms. The predicted molar refractivity (Wildman–Crippen MR) is 95.8 cm³/mol. The number of carbonyl (C=O) groups is 1. The van der Waals surface area contributed by atoms with Crippen LogP contribution in [0.15, 0.2) is 35.4 Å². The number of nitrogens with one attached hydrogen (secondary N) is 1. The van der Waals surface area contributed by atoms with Gasteiger partial charge in [0, 0.05) is 5.56 Å². The van der Waals surface area contributed by atoms with Gasteiger partial charge in [-0.1, -0.05) is 0 Å². The first-order valence-electron chi connectivity index (χ1n) is 7.54. The van der Waals surface area contributed by atoms with E-state index in [-0.39, 0.29) is 5.75 Å². The average Bonchev–Trinajstić information content (AvgIpc) is 2.67. The van der Waals surface area contributed by atoms with Crippen molar-refractivity contribution in [1.29, 1.82) is 0 Å². The lowest BCUT2D eigenvalue weighted by Gasteiger charge is -2.13. The molecule has 2 aromatic rings. The zero-order chi connectivity index (χ0) is 19.1. The number of hydrogen-bond acceptors (Lipinski definition) is 7. The molecule has 0 radical (unpaired) electrons. The Morgan fingerprint density at radius 1 is 0.962 bits per heavy atom. The van der Waals surface area contributed by atoms with Crippen LogP contribution in [0.25, 0.3) is 0 Å². The summed E-state index contributed by atoms with van der Waals surface area (Å²) in [5.41, 5.74) is 3.35. The normalized spacial score (nSPS) is 10.5. The fourth-order valence-electron chi connectivity index (χ4n) is 2.22. The molecule has 2 rings (SSSR count). The van der Waals surface area contributed by atoms with Crippen LogP contribution in [0.2, 0.25) is 0 Å². The largest absolute Gasteiger partial charge is 0.504 e. The summed E-state index contributed by atoms with van der Waals surface area (Å²) < 4.78 is 20.7. The van der Waals surface area contributed by atoms with E-state index in [1.165, 1.54) is 52.9 Å². The SMILES string of the molecule is COc1cc(C=NNC(=O)c2cc(OC)c(OC)c(OC)c2)ccc1O. The minimum atomic E-state index is -0.453. The summed E-state index contributed by atoms with van der Waals surface area (Å²) in [6, 6.07) is 7.74. The second-order valence-electron chi connectivity index (χ2n) is 5.04. The third-order valence-electron chi connectivity index (χ3n) is 3.51. The minimum Gasteiger partial charge on any atom is -0.504 e. The van der Waals surface area contributed by atoms with E-state index in [2.05, 4.69) is 10.5 Å². The molecule has 0 aromatic heterocycles. The minimum absolute atomic E-state index is 0.0195. The highest BCUT2D eigenvalue weighted by Crippen LogP contribution is 2.38. The Hall–Kier alpha value is -3.42. The predicted octanol–water partition coefficient (Wildman–Crippen LogP) is 2.19. The van der Waals surface area contributed by atoms with Crippen molar-refractivity contribution < 1.29 is 28.8 Å². The summed E-state index contributed by atoms with van der Waals surface area (Å²) in [6.45, 7) is 0. The Bertz CT molecular complexity index is 794. The number of ether oxygens (including phenoxy) is 4. The summed E-state index contributed by atoms with van der Waals surface area (Å²) in [7, 11) is 5.86. The van der Waals surface area contributed by atoms with Gasteiger partial charge in [-0.05, 0) is 35.9 Å². The van der Waals surface area contributed by atoms with E-state index in [1.54, 1.807) is 12.1 Å². The Labute approximate surface area is 151 Å². The first-order chi connectivity index (χ1) is 12.5. The zero-order valence-corrected chi connectivity index (χ0v) is 14.9. The molecule has 0 atom stereocenters. The molecule has 26 heavy (non-hydrogen) atoms. The van der Waals surface area contributed by atoms with Gasteiger partial charge in [-0.15, -0.1) is 0 Å². The van der Waals surface area contributed by atoms with Gasteiger partial charge < -0.3 is 24.1 Å². The van der Waals surface area contributed by atoms with Gasteiger partial charge in [0.15, 0.2) is 23.0 Å². The van der Waals surface area contributed by atoms with E-state index in [4.69, 9.17) is 18.9 Å². The van der Waals surface area contributed by atoms with Crippen molar-refractivity contribution in [2.24, 2.45) is 5.10 Å². The highest BCUT2D eigenvalue weighted by atomic mass is 16.5. The van der Waals surface area contributed by atoms with Crippen molar-refractivity contribution in [2.45, 2.75) is 0 Å². The molecule has 0 fully saturated rings. The molecule has 0 spiro atoms. The highest BCUT2D eigenvalue weighted by Gasteiger charge is 2.16. The first-order valence-corrected chi connectivity index (χ1v) is 7.54. The number of aromatic hydroxyl groups is 1. The van der Waals surface area contributed by atoms with Crippen LogP contribution in [0.1, 0.15) is 15.9 Å². The molecule has 0 bridgehead atoms. The maximum atomic E-state index is 12.3. The molecule has 2 aromatic carbocycles. The van der Waals surface area contributed by atoms with Gasteiger partial charge in [-0.3, -0.25) is 4.79 Å². The third-order valence-corrected chi connectivity index (χ3v) is 3.51. The number of methoxy groups -OCH3 is 4. The van der Waals surface area contributed by atoms with Gasteiger partial charge in [-0.25, -0.2) is 5.43 Å². The smallest absolute Gasteiger partial charge is 0.271 e. The first kappa shape index (κ1) is 18.9. The number of rotatable bonds is 7. The number of hydrazone groups is 1. The summed E-state index contributed by atoms with van der Waals surface area (Å²) in [5.74, 6) is 1.00. The fraction of sp³-hybridized carbons (Fsp3) is 0.222. The monoisotopic (exact) mass is 360 g/mol. The fourth-order valence-corrected chi connectivity index (χ4v) is 2.22. The maximum Gasteiger partial charge on any atom is 0.271 e. The molecule has 138 valence electrons. The van der Waals surface area contributed by atoms with E-state index < -0.39 is 5.91 Å². The summed E-state index contributed by atoms with van der Waals surface area (Å²) in [5, 5.41) is 13.5. The standard InChI is InChI=1S/C18H20N2O6/c1-23-14-7-11(5-6-13(14)21)10-19-20-18(22)12-8-15(24-2)17(26-4)16(9-12)25-3/h5-10,21H,1-4H3,(H,20,22).